The van der Waals surface area contributed by atoms with E-state index < -0.39 is 0 Å². The number of rotatable bonds is 4. The van der Waals surface area contributed by atoms with Gasteiger partial charge < -0.3 is 10.2 Å². The molecular weight excluding hydrogens is 248 g/mol. The number of anilines is 2. The van der Waals surface area contributed by atoms with E-state index in [0.717, 1.165) is 42.9 Å². The fourth-order valence-electron chi connectivity index (χ4n) is 3.05. The van der Waals surface area contributed by atoms with Gasteiger partial charge in [-0.05, 0) is 39.5 Å². The van der Waals surface area contributed by atoms with E-state index in [1.165, 1.54) is 18.4 Å². The second-order valence-electron chi connectivity index (χ2n) is 5.99. The van der Waals surface area contributed by atoms with Crippen molar-refractivity contribution >= 4 is 11.6 Å². The first kappa shape index (κ1) is 15.1. The van der Waals surface area contributed by atoms with Crippen molar-refractivity contribution in [3.8, 4) is 0 Å². The first-order valence-electron chi connectivity index (χ1n) is 7.94. The van der Waals surface area contributed by atoms with Crippen molar-refractivity contribution in [1.82, 2.24) is 9.97 Å². The Labute approximate surface area is 123 Å². The van der Waals surface area contributed by atoms with Crippen LogP contribution in [0.2, 0.25) is 0 Å². The molecule has 1 aromatic rings. The van der Waals surface area contributed by atoms with Crippen molar-refractivity contribution < 1.29 is 0 Å². The molecule has 0 bridgehead atoms. The smallest absolute Gasteiger partial charge is 0.137 e. The molecule has 1 fully saturated rings. The highest BCUT2D eigenvalue weighted by Crippen LogP contribution is 2.31. The van der Waals surface area contributed by atoms with Crippen molar-refractivity contribution in [3.05, 3.63) is 11.4 Å². The lowest BCUT2D eigenvalue weighted by Gasteiger charge is -2.38. The molecule has 0 spiro atoms. The zero-order chi connectivity index (χ0) is 14.7. The van der Waals surface area contributed by atoms with Gasteiger partial charge in [-0.3, -0.25) is 0 Å². The highest BCUT2D eigenvalue weighted by molar-refractivity contribution is 5.59. The third-order valence-corrected chi connectivity index (χ3v) is 4.24. The molecule has 2 unspecified atom stereocenters. The number of aromatic nitrogens is 2. The van der Waals surface area contributed by atoms with Crippen LogP contribution in [0.5, 0.6) is 0 Å². The molecule has 20 heavy (non-hydrogen) atoms. The average molecular weight is 276 g/mol. The number of piperidine rings is 1. The van der Waals surface area contributed by atoms with Crippen LogP contribution in [0.3, 0.4) is 0 Å². The summed E-state index contributed by atoms with van der Waals surface area (Å²) in [5.74, 6) is 3.89. The summed E-state index contributed by atoms with van der Waals surface area (Å²) in [6.45, 7) is 13.0. The Balaban J connectivity index is 2.36. The summed E-state index contributed by atoms with van der Waals surface area (Å²) in [5, 5.41) is 3.38. The van der Waals surface area contributed by atoms with Gasteiger partial charge >= 0.3 is 0 Å². The Hall–Kier alpha value is -1.32. The van der Waals surface area contributed by atoms with Crippen LogP contribution < -0.4 is 10.2 Å². The predicted octanol–water partition coefficient (Wildman–Crippen LogP) is 3.40. The number of hydrogen-bond acceptors (Lipinski definition) is 4. The largest absolute Gasteiger partial charge is 0.370 e. The van der Waals surface area contributed by atoms with E-state index in [2.05, 4.69) is 49.8 Å². The molecule has 0 amide bonds. The summed E-state index contributed by atoms with van der Waals surface area (Å²) in [6, 6.07) is 0.562. The van der Waals surface area contributed by atoms with Crippen LogP contribution in [0, 0.1) is 12.8 Å². The second kappa shape index (κ2) is 6.42. The van der Waals surface area contributed by atoms with E-state index in [-0.39, 0.29) is 0 Å². The summed E-state index contributed by atoms with van der Waals surface area (Å²) in [5.41, 5.74) is 1.19. The van der Waals surface area contributed by atoms with Crippen LogP contribution in [-0.4, -0.2) is 29.1 Å². The third-order valence-electron chi connectivity index (χ3n) is 4.24. The van der Waals surface area contributed by atoms with Crippen LogP contribution in [0.15, 0.2) is 0 Å². The molecule has 1 N–H and O–H groups in total. The van der Waals surface area contributed by atoms with Gasteiger partial charge in [0.15, 0.2) is 0 Å². The molecule has 2 rings (SSSR count). The van der Waals surface area contributed by atoms with Crippen molar-refractivity contribution in [2.75, 3.05) is 23.3 Å². The van der Waals surface area contributed by atoms with Crippen molar-refractivity contribution in [2.24, 2.45) is 5.92 Å². The topological polar surface area (TPSA) is 41.1 Å². The summed E-state index contributed by atoms with van der Waals surface area (Å²) in [6.07, 6.45) is 3.39. The molecule has 2 heterocycles. The van der Waals surface area contributed by atoms with Gasteiger partial charge in [-0.25, -0.2) is 9.97 Å². The Morgan fingerprint density at radius 3 is 2.60 bits per heavy atom. The van der Waals surface area contributed by atoms with E-state index in [9.17, 15) is 0 Å². The maximum Gasteiger partial charge on any atom is 0.137 e. The SMILES string of the molecule is CCNc1nc(CC)nc(N2CCC(C)CC2C)c1C. The first-order chi connectivity index (χ1) is 9.56. The molecule has 4 heteroatoms. The number of nitrogens with zero attached hydrogens (tertiary/aromatic N) is 3. The minimum absolute atomic E-state index is 0.562. The summed E-state index contributed by atoms with van der Waals surface area (Å²) in [7, 11) is 0. The maximum absolute atomic E-state index is 4.81. The fourth-order valence-corrected chi connectivity index (χ4v) is 3.05. The Bertz CT molecular complexity index is 458. The van der Waals surface area contributed by atoms with Gasteiger partial charge in [0.05, 0.1) is 0 Å². The molecule has 0 aromatic carbocycles. The third kappa shape index (κ3) is 3.05. The average Bonchev–Trinajstić information content (AvgIpc) is 2.42. The Kier molecular flexibility index (Phi) is 4.84. The number of nitrogens with one attached hydrogen (secondary N) is 1. The van der Waals surface area contributed by atoms with E-state index >= 15 is 0 Å². The van der Waals surface area contributed by atoms with Crippen LogP contribution in [0.1, 0.15) is 51.9 Å². The highest BCUT2D eigenvalue weighted by Gasteiger charge is 2.26. The lowest BCUT2D eigenvalue weighted by atomic mass is 9.93. The first-order valence-corrected chi connectivity index (χ1v) is 7.94. The van der Waals surface area contributed by atoms with Gasteiger partial charge in [-0.1, -0.05) is 13.8 Å². The normalized spacial score (nSPS) is 22.9. The number of aryl methyl sites for hydroxylation is 1. The zero-order valence-electron chi connectivity index (χ0n) is 13.5. The van der Waals surface area contributed by atoms with Crippen LogP contribution in [0.4, 0.5) is 11.6 Å². The van der Waals surface area contributed by atoms with Crippen LogP contribution in [0.25, 0.3) is 0 Å². The van der Waals surface area contributed by atoms with Crippen molar-refractivity contribution in [2.45, 2.75) is 59.9 Å². The highest BCUT2D eigenvalue weighted by atomic mass is 15.2. The van der Waals surface area contributed by atoms with E-state index in [1.807, 2.05) is 0 Å². The van der Waals surface area contributed by atoms with Crippen molar-refractivity contribution in [3.63, 3.8) is 0 Å². The molecule has 0 radical (unpaired) electrons. The van der Waals surface area contributed by atoms with Gasteiger partial charge in [0.2, 0.25) is 0 Å². The monoisotopic (exact) mass is 276 g/mol. The minimum atomic E-state index is 0.562. The van der Waals surface area contributed by atoms with Crippen molar-refractivity contribution in [1.29, 1.82) is 0 Å². The molecule has 1 saturated heterocycles. The summed E-state index contributed by atoms with van der Waals surface area (Å²) in [4.78, 5) is 11.9. The Morgan fingerprint density at radius 1 is 1.25 bits per heavy atom. The maximum atomic E-state index is 4.81. The summed E-state index contributed by atoms with van der Waals surface area (Å²) >= 11 is 0. The van der Waals surface area contributed by atoms with Crippen LogP contribution >= 0.6 is 0 Å². The molecule has 2 atom stereocenters. The molecule has 0 aliphatic carbocycles. The minimum Gasteiger partial charge on any atom is -0.370 e. The van der Waals surface area contributed by atoms with E-state index in [4.69, 9.17) is 4.98 Å². The zero-order valence-corrected chi connectivity index (χ0v) is 13.5. The quantitative estimate of drug-likeness (QED) is 0.915. The Morgan fingerprint density at radius 2 is 2.00 bits per heavy atom. The van der Waals surface area contributed by atoms with Gasteiger partial charge in [0, 0.05) is 31.1 Å². The lowest BCUT2D eigenvalue weighted by Crippen LogP contribution is -2.41. The second-order valence-corrected chi connectivity index (χ2v) is 5.99. The predicted molar refractivity (Wildman–Crippen MR) is 85.5 cm³/mol. The lowest BCUT2D eigenvalue weighted by molar-refractivity contribution is 0.375. The molecule has 1 aliphatic heterocycles. The van der Waals surface area contributed by atoms with Gasteiger partial charge in [0.1, 0.15) is 17.5 Å². The standard InChI is InChI=1S/C16H28N4/c1-6-14-18-15(17-7-2)13(5)16(19-14)20-9-8-11(3)10-12(20)4/h11-12H,6-10H2,1-5H3,(H,17,18,19). The van der Waals surface area contributed by atoms with Gasteiger partial charge in [-0.15, -0.1) is 0 Å². The summed E-state index contributed by atoms with van der Waals surface area (Å²) < 4.78 is 0. The number of hydrogen-bond donors (Lipinski definition) is 1. The molecule has 0 saturated carbocycles. The molecular formula is C16H28N4. The molecule has 112 valence electrons. The van der Waals surface area contributed by atoms with Gasteiger partial charge in [-0.2, -0.15) is 0 Å². The molecule has 1 aliphatic rings. The van der Waals surface area contributed by atoms with Crippen LogP contribution in [-0.2, 0) is 6.42 Å². The molecule has 4 nitrogen and oxygen atoms in total. The fraction of sp³-hybridized carbons (Fsp3) is 0.750. The van der Waals surface area contributed by atoms with Gasteiger partial charge in [0.25, 0.3) is 0 Å². The van der Waals surface area contributed by atoms with E-state index in [0.29, 0.717) is 6.04 Å². The van der Waals surface area contributed by atoms with E-state index in [1.54, 1.807) is 0 Å². The molecule has 1 aromatic heterocycles.